The minimum atomic E-state index is 0.631. The van der Waals surface area contributed by atoms with Crippen molar-refractivity contribution in [3.8, 4) is 0 Å². The first-order valence-corrected chi connectivity index (χ1v) is 6.89. The van der Waals surface area contributed by atoms with E-state index in [0.717, 1.165) is 12.8 Å². The van der Waals surface area contributed by atoms with Crippen LogP contribution in [0, 0.1) is 0 Å². The predicted molar refractivity (Wildman–Crippen MR) is 79.0 cm³/mol. The first kappa shape index (κ1) is 16.7. The second-order valence-electron chi connectivity index (χ2n) is 3.91. The predicted octanol–water partition coefficient (Wildman–Crippen LogP) is 4.21. The van der Waals surface area contributed by atoms with Gasteiger partial charge in [-0.1, -0.05) is 64.5 Å². The largest absolute Gasteiger partial charge is 0.428 e. The van der Waals surface area contributed by atoms with Gasteiger partial charge in [0.15, 0.2) is 6.71 Å². The lowest BCUT2D eigenvalue weighted by Gasteiger charge is -2.04. The number of aromatic nitrogens is 2. The van der Waals surface area contributed by atoms with E-state index in [-0.39, 0.29) is 0 Å². The molecule has 1 heterocycles. The van der Waals surface area contributed by atoms with E-state index in [4.69, 9.17) is 4.42 Å². The van der Waals surface area contributed by atoms with Crippen molar-refractivity contribution in [1.29, 1.82) is 0 Å². The molecule has 1 aromatic heterocycles. The van der Waals surface area contributed by atoms with Gasteiger partial charge < -0.3 is 4.42 Å². The van der Waals surface area contributed by atoms with Crippen molar-refractivity contribution in [1.82, 2.24) is 10.2 Å². The minimum absolute atomic E-state index is 0.631. The monoisotopic (exact) mass is 248 g/mol. The van der Waals surface area contributed by atoms with Gasteiger partial charge >= 0.3 is 0 Å². The van der Waals surface area contributed by atoms with Crippen LogP contribution in [-0.2, 0) is 6.42 Å². The van der Waals surface area contributed by atoms with E-state index in [0.29, 0.717) is 12.6 Å². The van der Waals surface area contributed by atoms with Gasteiger partial charge in [0.25, 0.3) is 0 Å². The van der Waals surface area contributed by atoms with Gasteiger partial charge in [-0.25, -0.2) is 0 Å². The normalized spacial score (nSPS) is 12.6. The van der Waals surface area contributed by atoms with Crippen LogP contribution in [0.25, 0.3) is 0 Å². The van der Waals surface area contributed by atoms with Gasteiger partial charge in [0, 0.05) is 6.42 Å². The molecule has 4 heteroatoms. The fraction of sp³-hybridized carbons (Fsp3) is 0.571. The molecular weight excluding hydrogens is 223 g/mol. The lowest BCUT2D eigenvalue weighted by molar-refractivity contribution is 0.502. The zero-order valence-electron chi connectivity index (χ0n) is 12.5. The third-order valence-electron chi connectivity index (χ3n) is 2.49. The molecule has 18 heavy (non-hydrogen) atoms. The SMILES string of the molecule is CB(C)C1=CC=C(Cc2nnco2)C1.CC.CC. The molecule has 1 aliphatic carbocycles. The summed E-state index contributed by atoms with van der Waals surface area (Å²) in [5, 5.41) is 7.53. The molecule has 0 bridgehead atoms. The summed E-state index contributed by atoms with van der Waals surface area (Å²) in [6, 6.07) is 0. The smallest absolute Gasteiger partial charge is 0.220 e. The van der Waals surface area contributed by atoms with Crippen molar-refractivity contribution in [2.75, 3.05) is 0 Å². The fourth-order valence-electron chi connectivity index (χ4n) is 1.59. The highest BCUT2D eigenvalue weighted by atomic mass is 16.4. The van der Waals surface area contributed by atoms with Crippen LogP contribution in [0.5, 0.6) is 0 Å². The van der Waals surface area contributed by atoms with E-state index in [2.05, 4.69) is 36.0 Å². The molecule has 0 atom stereocenters. The molecule has 0 N–H and O–H groups in total. The summed E-state index contributed by atoms with van der Waals surface area (Å²) in [6.45, 7) is 13.1. The number of allylic oxidation sites excluding steroid dienone is 4. The summed E-state index contributed by atoms with van der Waals surface area (Å²) in [5.41, 5.74) is 2.84. The lowest BCUT2D eigenvalue weighted by Crippen LogP contribution is -2.04. The Kier molecular flexibility index (Phi) is 8.98. The number of hydrogen-bond donors (Lipinski definition) is 0. The van der Waals surface area contributed by atoms with Crippen molar-refractivity contribution in [3.63, 3.8) is 0 Å². The van der Waals surface area contributed by atoms with Crippen LogP contribution in [0.15, 0.2) is 34.0 Å². The highest BCUT2D eigenvalue weighted by Crippen LogP contribution is 2.23. The fourth-order valence-corrected chi connectivity index (χ4v) is 1.59. The topological polar surface area (TPSA) is 38.9 Å². The molecule has 2 rings (SSSR count). The quantitative estimate of drug-likeness (QED) is 0.752. The zero-order chi connectivity index (χ0) is 14.0. The first-order chi connectivity index (χ1) is 8.75. The van der Waals surface area contributed by atoms with E-state index < -0.39 is 0 Å². The molecule has 0 fully saturated rings. The van der Waals surface area contributed by atoms with Gasteiger partial charge in [0.1, 0.15) is 0 Å². The van der Waals surface area contributed by atoms with Crippen molar-refractivity contribution in [2.45, 2.75) is 54.2 Å². The Balaban J connectivity index is 0.000000659. The molecule has 0 saturated carbocycles. The second kappa shape index (κ2) is 9.69. The first-order valence-electron chi connectivity index (χ1n) is 6.89. The van der Waals surface area contributed by atoms with Crippen LogP contribution >= 0.6 is 0 Å². The Labute approximate surface area is 111 Å². The Morgan fingerprint density at radius 2 is 1.83 bits per heavy atom. The molecule has 3 nitrogen and oxygen atoms in total. The van der Waals surface area contributed by atoms with Crippen LogP contribution in [0.4, 0.5) is 0 Å². The van der Waals surface area contributed by atoms with Crippen molar-refractivity contribution < 1.29 is 4.42 Å². The van der Waals surface area contributed by atoms with E-state index in [1.807, 2.05) is 27.7 Å². The molecule has 0 aliphatic heterocycles. The molecule has 0 saturated heterocycles. The molecule has 1 aromatic rings. The number of rotatable bonds is 3. The molecule has 0 unspecified atom stereocenters. The standard InChI is InChI=1S/C10H13BN2O.2C2H6/c1-11(2)9-4-3-8(5-9)6-10-13-12-7-14-10;2*1-2/h3-4,7H,5-6H2,1-2H3;2*1-2H3. The summed E-state index contributed by atoms with van der Waals surface area (Å²) >= 11 is 0. The molecule has 0 amide bonds. The maximum atomic E-state index is 5.10. The second-order valence-corrected chi connectivity index (χ2v) is 3.91. The maximum absolute atomic E-state index is 5.10. The summed E-state index contributed by atoms with van der Waals surface area (Å²) in [6.07, 6.45) is 7.59. The average molecular weight is 248 g/mol. The number of nitrogens with zero attached hydrogens (tertiary/aromatic N) is 2. The summed E-state index contributed by atoms with van der Waals surface area (Å²) in [4.78, 5) is 0. The van der Waals surface area contributed by atoms with E-state index in [9.17, 15) is 0 Å². The van der Waals surface area contributed by atoms with Gasteiger partial charge in [-0.15, -0.1) is 10.2 Å². The van der Waals surface area contributed by atoms with E-state index >= 15 is 0 Å². The van der Waals surface area contributed by atoms with Crippen LogP contribution < -0.4 is 0 Å². The van der Waals surface area contributed by atoms with Gasteiger partial charge in [-0.2, -0.15) is 0 Å². The van der Waals surface area contributed by atoms with Crippen LogP contribution in [-0.4, -0.2) is 16.9 Å². The minimum Gasteiger partial charge on any atom is -0.428 e. The van der Waals surface area contributed by atoms with Crippen LogP contribution in [0.1, 0.15) is 40.0 Å². The number of hydrogen-bond acceptors (Lipinski definition) is 3. The zero-order valence-corrected chi connectivity index (χ0v) is 12.5. The average Bonchev–Trinajstić information content (AvgIpc) is 3.06. The summed E-state index contributed by atoms with van der Waals surface area (Å²) in [5.74, 6) is 0.703. The molecule has 0 spiro atoms. The molecule has 0 aromatic carbocycles. The van der Waals surface area contributed by atoms with Gasteiger partial charge in [-0.05, 0) is 6.42 Å². The summed E-state index contributed by atoms with van der Waals surface area (Å²) in [7, 11) is 0. The van der Waals surface area contributed by atoms with Crippen LogP contribution in [0.3, 0.4) is 0 Å². The third-order valence-corrected chi connectivity index (χ3v) is 2.49. The van der Waals surface area contributed by atoms with Gasteiger partial charge in [0.05, 0.1) is 0 Å². The Bertz CT molecular complexity index is 367. The van der Waals surface area contributed by atoms with Gasteiger partial charge in [0.2, 0.25) is 12.3 Å². The Hall–Kier alpha value is -1.32. The Morgan fingerprint density at radius 1 is 1.17 bits per heavy atom. The van der Waals surface area contributed by atoms with Crippen molar-refractivity contribution >= 4 is 6.71 Å². The van der Waals surface area contributed by atoms with E-state index in [1.54, 1.807) is 0 Å². The van der Waals surface area contributed by atoms with E-state index in [1.165, 1.54) is 17.4 Å². The van der Waals surface area contributed by atoms with Crippen molar-refractivity contribution in [2.24, 2.45) is 0 Å². The maximum Gasteiger partial charge on any atom is 0.220 e. The van der Waals surface area contributed by atoms with Crippen LogP contribution in [0.2, 0.25) is 13.6 Å². The molecular formula is C14H25BN2O. The Morgan fingerprint density at radius 3 is 2.28 bits per heavy atom. The highest BCUT2D eigenvalue weighted by molar-refractivity contribution is 6.64. The van der Waals surface area contributed by atoms with Crippen molar-refractivity contribution in [3.05, 3.63) is 35.5 Å². The van der Waals surface area contributed by atoms with Gasteiger partial charge in [-0.3, -0.25) is 0 Å². The third kappa shape index (κ3) is 5.34. The highest BCUT2D eigenvalue weighted by Gasteiger charge is 2.14. The molecule has 0 radical (unpaired) electrons. The lowest BCUT2D eigenvalue weighted by atomic mass is 9.48. The summed E-state index contributed by atoms with van der Waals surface area (Å²) < 4.78 is 5.10. The molecule has 1 aliphatic rings. The molecule has 100 valence electrons.